The maximum absolute atomic E-state index is 4.19. The van der Waals surface area contributed by atoms with Crippen LogP contribution in [0.15, 0.2) is 36.9 Å². The number of hydrogen-bond donors (Lipinski definition) is 0. The first-order chi connectivity index (χ1) is 10.3. The van der Waals surface area contributed by atoms with Gasteiger partial charge in [0, 0.05) is 62.3 Å². The third-order valence-corrected chi connectivity index (χ3v) is 4.16. The van der Waals surface area contributed by atoms with Gasteiger partial charge < -0.3 is 9.80 Å². The summed E-state index contributed by atoms with van der Waals surface area (Å²) in [6.07, 6.45) is 8.84. The molecule has 0 aromatic carbocycles. The lowest BCUT2D eigenvalue weighted by Gasteiger charge is -2.26. The van der Waals surface area contributed by atoms with Gasteiger partial charge in [-0.25, -0.2) is 0 Å². The maximum atomic E-state index is 4.19. The van der Waals surface area contributed by atoms with E-state index in [1.807, 2.05) is 24.8 Å². The molecule has 3 rings (SSSR count). The average molecular weight is 282 g/mol. The van der Waals surface area contributed by atoms with Gasteiger partial charge in [-0.2, -0.15) is 0 Å². The van der Waals surface area contributed by atoms with Crippen molar-refractivity contribution in [2.75, 3.05) is 36.0 Å². The van der Waals surface area contributed by atoms with Crippen LogP contribution in [0.3, 0.4) is 0 Å². The van der Waals surface area contributed by atoms with Crippen molar-refractivity contribution in [1.29, 1.82) is 0 Å². The number of aromatic nitrogens is 2. The number of nitrogens with zero attached hydrogens (tertiary/aromatic N) is 4. The highest BCUT2D eigenvalue weighted by molar-refractivity contribution is 5.54. The first kappa shape index (κ1) is 13.9. The van der Waals surface area contributed by atoms with E-state index < -0.39 is 0 Å². The Bertz CT molecular complexity index is 558. The number of aryl methyl sites for hydroxylation is 2. The van der Waals surface area contributed by atoms with Crippen LogP contribution in [-0.4, -0.2) is 36.1 Å². The normalized spacial score (nSPS) is 15.9. The fraction of sp³-hybridized carbons (Fsp3) is 0.412. The summed E-state index contributed by atoms with van der Waals surface area (Å²) in [5.74, 6) is 0. The first-order valence-corrected chi connectivity index (χ1v) is 7.57. The minimum atomic E-state index is 1.05. The highest BCUT2D eigenvalue weighted by Crippen LogP contribution is 2.23. The second kappa shape index (κ2) is 6.12. The van der Waals surface area contributed by atoms with Crippen LogP contribution in [0.5, 0.6) is 0 Å². The molecule has 4 nitrogen and oxygen atoms in total. The summed E-state index contributed by atoms with van der Waals surface area (Å²) >= 11 is 0. The molecule has 0 saturated carbocycles. The van der Waals surface area contributed by atoms with E-state index in [0.717, 1.165) is 26.2 Å². The summed E-state index contributed by atoms with van der Waals surface area (Å²) in [6, 6.07) is 4.26. The van der Waals surface area contributed by atoms with Crippen molar-refractivity contribution in [3.8, 4) is 0 Å². The summed E-state index contributed by atoms with van der Waals surface area (Å²) < 4.78 is 0. The van der Waals surface area contributed by atoms with E-state index in [1.54, 1.807) is 0 Å². The van der Waals surface area contributed by atoms with Crippen LogP contribution >= 0.6 is 0 Å². The van der Waals surface area contributed by atoms with Gasteiger partial charge in [0.1, 0.15) is 0 Å². The summed E-state index contributed by atoms with van der Waals surface area (Å²) in [4.78, 5) is 13.3. The monoisotopic (exact) mass is 282 g/mol. The summed E-state index contributed by atoms with van der Waals surface area (Å²) in [7, 11) is 0. The van der Waals surface area contributed by atoms with Gasteiger partial charge in [0.2, 0.25) is 0 Å². The Balaban J connectivity index is 1.76. The van der Waals surface area contributed by atoms with E-state index in [1.165, 1.54) is 28.9 Å². The van der Waals surface area contributed by atoms with Crippen LogP contribution in [0.1, 0.15) is 17.5 Å². The quantitative estimate of drug-likeness (QED) is 0.848. The van der Waals surface area contributed by atoms with Crippen LogP contribution in [0.4, 0.5) is 11.4 Å². The average Bonchev–Trinajstić information content (AvgIpc) is 2.74. The Morgan fingerprint density at radius 3 is 1.67 bits per heavy atom. The van der Waals surface area contributed by atoms with Crippen molar-refractivity contribution >= 4 is 11.4 Å². The third-order valence-electron chi connectivity index (χ3n) is 4.16. The Morgan fingerprint density at radius 2 is 1.24 bits per heavy atom. The number of pyridine rings is 2. The van der Waals surface area contributed by atoms with Crippen molar-refractivity contribution in [3.63, 3.8) is 0 Å². The molecule has 1 saturated heterocycles. The van der Waals surface area contributed by atoms with E-state index in [-0.39, 0.29) is 0 Å². The second-order valence-electron chi connectivity index (χ2n) is 5.65. The molecule has 0 bridgehead atoms. The van der Waals surface area contributed by atoms with Crippen LogP contribution in [0, 0.1) is 13.8 Å². The van der Waals surface area contributed by atoms with Crippen molar-refractivity contribution < 1.29 is 0 Å². The third kappa shape index (κ3) is 2.99. The zero-order valence-electron chi connectivity index (χ0n) is 12.8. The van der Waals surface area contributed by atoms with Gasteiger partial charge in [0.05, 0.1) is 0 Å². The standard InChI is InChI=1S/C17H22N4/c1-14-12-18-6-4-16(14)20-8-3-9-21(11-10-20)17-5-7-19-13-15(17)2/h4-7,12-13H,3,8-11H2,1-2H3. The van der Waals surface area contributed by atoms with Gasteiger partial charge >= 0.3 is 0 Å². The fourth-order valence-electron chi connectivity index (χ4n) is 3.04. The molecule has 2 aromatic heterocycles. The molecule has 0 aliphatic carbocycles. The Morgan fingerprint density at radius 1 is 0.762 bits per heavy atom. The molecule has 3 heterocycles. The van der Waals surface area contributed by atoms with Gasteiger partial charge in [-0.15, -0.1) is 0 Å². The van der Waals surface area contributed by atoms with Gasteiger partial charge in [-0.3, -0.25) is 9.97 Å². The fourth-order valence-corrected chi connectivity index (χ4v) is 3.04. The van der Waals surface area contributed by atoms with E-state index in [4.69, 9.17) is 0 Å². The highest BCUT2D eigenvalue weighted by atomic mass is 15.2. The second-order valence-corrected chi connectivity index (χ2v) is 5.65. The largest absolute Gasteiger partial charge is 0.369 e. The van der Waals surface area contributed by atoms with Crippen molar-refractivity contribution in [2.45, 2.75) is 20.3 Å². The predicted molar refractivity (Wildman–Crippen MR) is 87.0 cm³/mol. The summed E-state index contributed by atoms with van der Waals surface area (Å²) in [6.45, 7) is 8.58. The van der Waals surface area contributed by atoms with E-state index in [0.29, 0.717) is 0 Å². The lowest BCUT2D eigenvalue weighted by Crippen LogP contribution is -2.31. The Kier molecular flexibility index (Phi) is 4.04. The molecule has 0 atom stereocenters. The van der Waals surface area contributed by atoms with Gasteiger partial charge in [0.25, 0.3) is 0 Å². The van der Waals surface area contributed by atoms with Crippen LogP contribution in [0.2, 0.25) is 0 Å². The minimum absolute atomic E-state index is 1.05. The maximum Gasteiger partial charge on any atom is 0.0427 e. The molecule has 1 fully saturated rings. The molecule has 2 aromatic rings. The molecule has 0 amide bonds. The highest BCUT2D eigenvalue weighted by Gasteiger charge is 2.17. The molecule has 0 radical (unpaired) electrons. The Labute approximate surface area is 126 Å². The number of rotatable bonds is 2. The first-order valence-electron chi connectivity index (χ1n) is 7.57. The van der Waals surface area contributed by atoms with E-state index >= 15 is 0 Å². The summed E-state index contributed by atoms with van der Waals surface area (Å²) in [5.41, 5.74) is 5.15. The van der Waals surface area contributed by atoms with Crippen molar-refractivity contribution in [2.24, 2.45) is 0 Å². The smallest absolute Gasteiger partial charge is 0.0427 e. The van der Waals surface area contributed by atoms with Crippen molar-refractivity contribution in [1.82, 2.24) is 9.97 Å². The van der Waals surface area contributed by atoms with Crippen LogP contribution in [-0.2, 0) is 0 Å². The van der Waals surface area contributed by atoms with E-state index in [2.05, 4.69) is 45.7 Å². The van der Waals surface area contributed by atoms with Gasteiger partial charge in [-0.05, 0) is 43.5 Å². The van der Waals surface area contributed by atoms with E-state index in [9.17, 15) is 0 Å². The molecule has 110 valence electrons. The SMILES string of the molecule is Cc1cnccc1N1CCCN(c2ccncc2C)CC1. The lowest BCUT2D eigenvalue weighted by atomic mass is 10.2. The zero-order valence-corrected chi connectivity index (χ0v) is 12.8. The number of hydrogen-bond acceptors (Lipinski definition) is 4. The van der Waals surface area contributed by atoms with Crippen LogP contribution < -0.4 is 9.80 Å². The predicted octanol–water partition coefficient (Wildman–Crippen LogP) is 2.81. The van der Waals surface area contributed by atoms with Crippen molar-refractivity contribution in [3.05, 3.63) is 48.0 Å². The molecule has 1 aliphatic rings. The molecule has 1 aliphatic heterocycles. The zero-order chi connectivity index (χ0) is 14.7. The molecule has 0 unspecified atom stereocenters. The molecular weight excluding hydrogens is 260 g/mol. The number of anilines is 2. The van der Waals surface area contributed by atoms with Gasteiger partial charge in [-0.1, -0.05) is 0 Å². The minimum Gasteiger partial charge on any atom is -0.369 e. The molecular formula is C17H22N4. The summed E-state index contributed by atoms with van der Waals surface area (Å²) in [5, 5.41) is 0. The Hall–Kier alpha value is -2.10. The molecule has 21 heavy (non-hydrogen) atoms. The topological polar surface area (TPSA) is 32.3 Å². The lowest BCUT2D eigenvalue weighted by molar-refractivity contribution is 0.802. The molecule has 0 spiro atoms. The van der Waals surface area contributed by atoms with Gasteiger partial charge in [0.15, 0.2) is 0 Å². The molecule has 4 heteroatoms. The van der Waals surface area contributed by atoms with Crippen LogP contribution in [0.25, 0.3) is 0 Å². The molecule has 0 N–H and O–H groups in total.